The number of nitrogens with zero attached hydrogens (tertiary/aromatic N) is 7. The summed E-state index contributed by atoms with van der Waals surface area (Å²) >= 11 is 1.33. The number of carbonyl (C=O) groups excluding carboxylic acids is 1. The van der Waals surface area contributed by atoms with E-state index < -0.39 is 12.1 Å². The molecule has 0 unspecified atom stereocenters. The molecular formula is C20H15F3N10O3S. The first-order valence-corrected chi connectivity index (χ1v) is 10.9. The van der Waals surface area contributed by atoms with Gasteiger partial charge < -0.3 is 15.7 Å². The van der Waals surface area contributed by atoms with E-state index in [1.807, 2.05) is 18.2 Å². The van der Waals surface area contributed by atoms with Crippen LogP contribution in [0.1, 0.15) is 10.4 Å². The number of aryl methyl sites for hydroxylation is 1. The first-order valence-electron chi connectivity index (χ1n) is 10.0. The van der Waals surface area contributed by atoms with Crippen molar-refractivity contribution < 1.29 is 27.9 Å². The van der Waals surface area contributed by atoms with Crippen LogP contribution in [0.25, 0.3) is 21.6 Å². The number of amides is 1. The van der Waals surface area contributed by atoms with Gasteiger partial charge in [-0.15, -0.1) is 10.2 Å². The zero-order chi connectivity index (χ0) is 26.6. The molecule has 0 spiro atoms. The number of benzene rings is 1. The zero-order valence-electron chi connectivity index (χ0n) is 18.6. The Kier molecular flexibility index (Phi) is 7.05. The number of H-pyrrole nitrogens is 1. The number of anilines is 3. The zero-order valence-corrected chi connectivity index (χ0v) is 19.4. The van der Waals surface area contributed by atoms with Crippen LogP contribution in [0.5, 0.6) is 0 Å². The number of aromatic amines is 1. The highest BCUT2D eigenvalue weighted by molar-refractivity contribution is 7.18. The van der Waals surface area contributed by atoms with Crippen LogP contribution < -0.4 is 10.6 Å². The third-order valence-electron chi connectivity index (χ3n) is 4.42. The van der Waals surface area contributed by atoms with Crippen LogP contribution >= 0.6 is 11.3 Å². The number of alkyl halides is 3. The van der Waals surface area contributed by atoms with Gasteiger partial charge in [-0.25, -0.2) is 9.78 Å². The summed E-state index contributed by atoms with van der Waals surface area (Å²) in [6, 6.07) is 5.83. The summed E-state index contributed by atoms with van der Waals surface area (Å²) in [6.45, 7) is 0. The molecule has 4 aromatic heterocycles. The summed E-state index contributed by atoms with van der Waals surface area (Å²) < 4.78 is 33.3. The third-order valence-corrected chi connectivity index (χ3v) is 5.28. The maximum absolute atomic E-state index is 12.3. The molecule has 5 aromatic rings. The van der Waals surface area contributed by atoms with Crippen molar-refractivity contribution in [3.8, 4) is 10.7 Å². The molecule has 4 N–H and O–H groups in total. The summed E-state index contributed by atoms with van der Waals surface area (Å²) in [6.07, 6.45) is 2.82. The van der Waals surface area contributed by atoms with Gasteiger partial charge in [-0.3, -0.25) is 19.6 Å². The minimum atomic E-state index is -5.08. The Labute approximate surface area is 208 Å². The third kappa shape index (κ3) is 6.40. The van der Waals surface area contributed by atoms with Crippen LogP contribution in [-0.2, 0) is 11.8 Å². The van der Waals surface area contributed by atoms with Crippen LogP contribution in [0, 0.1) is 0 Å². The quantitative estimate of drug-likeness (QED) is 0.263. The number of aromatic nitrogens is 8. The smallest absolute Gasteiger partial charge is 0.475 e. The van der Waals surface area contributed by atoms with Crippen LogP contribution in [0.4, 0.5) is 29.8 Å². The summed E-state index contributed by atoms with van der Waals surface area (Å²) in [5.74, 6) is -2.76. The van der Waals surface area contributed by atoms with Gasteiger partial charge in [0.2, 0.25) is 5.13 Å². The molecule has 17 heteroatoms. The van der Waals surface area contributed by atoms with Gasteiger partial charge in [-0.05, 0) is 18.2 Å². The van der Waals surface area contributed by atoms with Gasteiger partial charge in [0.1, 0.15) is 5.69 Å². The van der Waals surface area contributed by atoms with Gasteiger partial charge in [-0.1, -0.05) is 11.3 Å². The molecule has 0 atom stereocenters. The number of hydrogen-bond donors (Lipinski definition) is 4. The highest BCUT2D eigenvalue weighted by Gasteiger charge is 2.38. The highest BCUT2D eigenvalue weighted by atomic mass is 32.1. The van der Waals surface area contributed by atoms with E-state index in [0.29, 0.717) is 27.2 Å². The molecule has 5 rings (SSSR count). The standard InChI is InChI=1S/C18H14N10OS.C2HF3O2/c1-28-9-11(6-21-28)16(29)24-15-8-19-7-14(23-15)17-26-27-18(30-17)22-12-2-3-13-10(4-12)5-20-25-13;3-2(4,5)1(6)7/h2-9H,1H3,(H,20,25)(H,22,27)(H,23,24,29);(H,6,7). The van der Waals surface area contributed by atoms with E-state index in [4.69, 9.17) is 9.90 Å². The number of halogens is 3. The number of nitrogens with one attached hydrogen (secondary N) is 3. The van der Waals surface area contributed by atoms with E-state index in [1.54, 1.807) is 30.3 Å². The molecule has 13 nitrogen and oxygen atoms in total. The molecule has 0 aliphatic carbocycles. The van der Waals surface area contributed by atoms with Crippen LogP contribution in [0.15, 0.2) is 49.2 Å². The summed E-state index contributed by atoms with van der Waals surface area (Å²) in [5, 5.41) is 34.5. The van der Waals surface area contributed by atoms with E-state index in [1.165, 1.54) is 23.7 Å². The lowest BCUT2D eigenvalue weighted by molar-refractivity contribution is -0.192. The molecule has 0 radical (unpaired) electrons. The van der Waals surface area contributed by atoms with Gasteiger partial charge in [0.05, 0.1) is 35.9 Å². The molecule has 1 aromatic carbocycles. The first-order chi connectivity index (χ1) is 17.6. The Balaban J connectivity index is 0.000000405. The number of aliphatic carboxylic acids is 1. The normalized spacial score (nSPS) is 11.0. The Morgan fingerprint density at radius 2 is 1.92 bits per heavy atom. The second-order valence-corrected chi connectivity index (χ2v) is 8.14. The Morgan fingerprint density at radius 1 is 1.14 bits per heavy atom. The van der Waals surface area contributed by atoms with Crippen molar-refractivity contribution in [1.82, 2.24) is 40.1 Å². The van der Waals surface area contributed by atoms with Crippen molar-refractivity contribution in [2.75, 3.05) is 10.6 Å². The van der Waals surface area contributed by atoms with Crippen molar-refractivity contribution in [3.05, 3.63) is 54.7 Å². The molecule has 0 saturated heterocycles. The second-order valence-electron chi connectivity index (χ2n) is 7.16. The summed E-state index contributed by atoms with van der Waals surface area (Å²) in [4.78, 5) is 29.7. The Morgan fingerprint density at radius 3 is 2.62 bits per heavy atom. The van der Waals surface area contributed by atoms with Gasteiger partial charge in [0, 0.05) is 24.3 Å². The molecule has 4 heterocycles. The lowest BCUT2D eigenvalue weighted by Crippen LogP contribution is -2.21. The van der Waals surface area contributed by atoms with E-state index in [9.17, 15) is 18.0 Å². The second kappa shape index (κ2) is 10.4. The van der Waals surface area contributed by atoms with Gasteiger partial charge in [0.15, 0.2) is 10.8 Å². The minimum absolute atomic E-state index is 0.316. The average molecular weight is 532 g/mol. The molecular weight excluding hydrogens is 517 g/mol. The lowest BCUT2D eigenvalue weighted by atomic mass is 10.2. The van der Waals surface area contributed by atoms with Crippen LogP contribution in [0.2, 0.25) is 0 Å². The molecule has 1 amide bonds. The number of carboxylic acids is 1. The molecule has 0 aliphatic heterocycles. The molecule has 37 heavy (non-hydrogen) atoms. The summed E-state index contributed by atoms with van der Waals surface area (Å²) in [7, 11) is 1.74. The fraction of sp³-hybridized carbons (Fsp3) is 0.100. The Hall–Kier alpha value is -4.93. The molecule has 0 aliphatic rings. The number of carbonyl (C=O) groups is 2. The van der Waals surface area contributed by atoms with E-state index in [2.05, 4.69) is 46.1 Å². The maximum atomic E-state index is 12.3. The van der Waals surface area contributed by atoms with Crippen molar-refractivity contribution >= 4 is 50.8 Å². The van der Waals surface area contributed by atoms with Crippen molar-refractivity contribution in [2.24, 2.45) is 7.05 Å². The van der Waals surface area contributed by atoms with Gasteiger partial charge >= 0.3 is 12.1 Å². The van der Waals surface area contributed by atoms with E-state index in [0.717, 1.165) is 16.6 Å². The van der Waals surface area contributed by atoms with Gasteiger partial charge in [-0.2, -0.15) is 23.4 Å². The molecule has 0 fully saturated rings. The lowest BCUT2D eigenvalue weighted by Gasteiger charge is -2.03. The fourth-order valence-corrected chi connectivity index (χ4v) is 3.50. The Bertz CT molecular complexity index is 1560. The number of carboxylic acid groups (broad SMARTS) is 1. The van der Waals surface area contributed by atoms with E-state index >= 15 is 0 Å². The number of rotatable bonds is 5. The monoisotopic (exact) mass is 532 g/mol. The topological polar surface area (TPSA) is 176 Å². The predicted octanol–water partition coefficient (Wildman–Crippen LogP) is 3.23. The van der Waals surface area contributed by atoms with Crippen LogP contribution in [-0.4, -0.2) is 63.3 Å². The highest BCUT2D eigenvalue weighted by Crippen LogP contribution is 2.28. The first kappa shape index (κ1) is 25.2. The van der Waals surface area contributed by atoms with Crippen molar-refractivity contribution in [1.29, 1.82) is 0 Å². The molecule has 190 valence electrons. The van der Waals surface area contributed by atoms with Crippen LogP contribution in [0.3, 0.4) is 0 Å². The van der Waals surface area contributed by atoms with E-state index in [-0.39, 0.29) is 5.91 Å². The number of fused-ring (bicyclic) bond motifs is 1. The number of hydrogen-bond acceptors (Lipinski definition) is 10. The van der Waals surface area contributed by atoms with Crippen molar-refractivity contribution in [3.63, 3.8) is 0 Å². The minimum Gasteiger partial charge on any atom is -0.475 e. The largest absolute Gasteiger partial charge is 0.490 e. The van der Waals surface area contributed by atoms with Gasteiger partial charge in [0.25, 0.3) is 5.91 Å². The SMILES string of the molecule is Cn1cc(C(=O)Nc2cncc(-c3nnc(Nc4ccc5[nH]ncc5c4)s3)n2)cn1.O=C(O)C(F)(F)F. The van der Waals surface area contributed by atoms with Crippen molar-refractivity contribution in [2.45, 2.75) is 6.18 Å². The molecule has 0 saturated carbocycles. The fourth-order valence-electron chi connectivity index (χ4n) is 2.78. The average Bonchev–Trinajstić information content (AvgIpc) is 3.60. The summed E-state index contributed by atoms with van der Waals surface area (Å²) in [5.41, 5.74) is 2.77. The maximum Gasteiger partial charge on any atom is 0.490 e. The molecule has 0 bridgehead atoms. The predicted molar refractivity (Wildman–Crippen MR) is 125 cm³/mol.